The van der Waals surface area contributed by atoms with Crippen molar-refractivity contribution < 1.29 is 19.1 Å². The van der Waals surface area contributed by atoms with E-state index < -0.39 is 5.97 Å². The van der Waals surface area contributed by atoms with Crippen LogP contribution in [0, 0.1) is 0 Å². The first-order valence-electron chi connectivity index (χ1n) is 8.18. The summed E-state index contributed by atoms with van der Waals surface area (Å²) in [5.41, 5.74) is 0.588. The van der Waals surface area contributed by atoms with Crippen molar-refractivity contribution in [2.75, 3.05) is 5.32 Å². The fourth-order valence-corrected chi connectivity index (χ4v) is 4.06. The Hall–Kier alpha value is -2.65. The highest BCUT2D eigenvalue weighted by molar-refractivity contribution is 8.00. The zero-order valence-electron chi connectivity index (χ0n) is 14.5. The molecule has 1 amide bonds. The van der Waals surface area contributed by atoms with Gasteiger partial charge in [-0.05, 0) is 11.6 Å². The maximum Gasteiger partial charge on any atom is 0.335 e. The number of nitrogens with zero attached hydrogens (tertiary/aromatic N) is 2. The molecular formula is C18H17N3O4S2. The van der Waals surface area contributed by atoms with Gasteiger partial charge in [-0.1, -0.05) is 36.5 Å². The number of thiazole rings is 1. The number of thioether (sulfide) groups is 1. The van der Waals surface area contributed by atoms with Crippen LogP contribution in [0.3, 0.4) is 0 Å². The third-order valence-electron chi connectivity index (χ3n) is 3.62. The van der Waals surface area contributed by atoms with Gasteiger partial charge in [-0.2, -0.15) is 0 Å². The number of rotatable bonds is 8. The molecule has 2 N–H and O–H groups in total. The number of carbonyl (C=O) groups excluding carboxylic acids is 1. The number of nitrogens with one attached hydrogen (secondary N) is 1. The molecule has 0 fully saturated rings. The average Bonchev–Trinajstić information content (AvgIpc) is 3.29. The van der Waals surface area contributed by atoms with Crippen LogP contribution in [0.25, 0.3) is 0 Å². The number of carboxylic acids is 1. The minimum atomic E-state index is -1.05. The number of carbonyl (C=O) groups is 2. The zero-order valence-corrected chi connectivity index (χ0v) is 16.1. The lowest BCUT2D eigenvalue weighted by Gasteiger charge is -2.05. The van der Waals surface area contributed by atoms with Crippen molar-refractivity contribution in [1.29, 1.82) is 0 Å². The summed E-state index contributed by atoms with van der Waals surface area (Å²) in [4.78, 5) is 31.8. The Bertz CT molecular complexity index is 951. The number of carboxylic acid groups (broad SMARTS) is 1. The maximum absolute atomic E-state index is 12.2. The third-order valence-corrected chi connectivity index (χ3v) is 5.71. The molecule has 140 valence electrons. The van der Waals surface area contributed by atoms with Crippen LogP contribution in [0.2, 0.25) is 0 Å². The minimum Gasteiger partial charge on any atom is -0.478 e. The van der Waals surface area contributed by atoms with Crippen molar-refractivity contribution in [2.45, 2.75) is 29.7 Å². The Morgan fingerprint density at radius 2 is 2.07 bits per heavy atom. The third kappa shape index (κ3) is 5.18. The molecule has 27 heavy (non-hydrogen) atoms. The van der Waals surface area contributed by atoms with Gasteiger partial charge >= 0.3 is 5.97 Å². The van der Waals surface area contributed by atoms with Gasteiger partial charge in [-0.3, -0.25) is 4.79 Å². The molecule has 3 rings (SSSR count). The van der Waals surface area contributed by atoms with Crippen LogP contribution in [0.5, 0.6) is 0 Å². The summed E-state index contributed by atoms with van der Waals surface area (Å²) < 4.78 is 6.48. The van der Waals surface area contributed by atoms with Crippen LogP contribution in [0.15, 0.2) is 45.3 Å². The predicted molar refractivity (Wildman–Crippen MR) is 103 cm³/mol. The first kappa shape index (κ1) is 19.1. The summed E-state index contributed by atoms with van der Waals surface area (Å²) in [6.07, 6.45) is 4.18. The normalized spacial score (nSPS) is 10.7. The van der Waals surface area contributed by atoms with Gasteiger partial charge in [0.05, 0.1) is 34.3 Å². The molecule has 0 saturated heterocycles. The highest BCUT2D eigenvalue weighted by Crippen LogP contribution is 2.30. The van der Waals surface area contributed by atoms with Gasteiger partial charge in [0, 0.05) is 6.42 Å². The second-order valence-electron chi connectivity index (χ2n) is 5.53. The number of benzene rings is 1. The predicted octanol–water partition coefficient (Wildman–Crippen LogP) is 3.87. The highest BCUT2D eigenvalue weighted by atomic mass is 32.2. The summed E-state index contributed by atoms with van der Waals surface area (Å²) in [7, 11) is 0. The van der Waals surface area contributed by atoms with Crippen molar-refractivity contribution in [3.8, 4) is 0 Å². The molecule has 3 aromatic rings. The molecule has 0 bridgehead atoms. The van der Waals surface area contributed by atoms with E-state index in [0.717, 1.165) is 16.4 Å². The molecule has 0 aliphatic rings. The Labute approximate surface area is 163 Å². The molecule has 2 heterocycles. The van der Waals surface area contributed by atoms with Crippen LogP contribution in [-0.2, 0) is 23.4 Å². The van der Waals surface area contributed by atoms with Crippen LogP contribution < -0.4 is 5.32 Å². The molecule has 0 aliphatic heterocycles. The number of aromatic nitrogens is 2. The highest BCUT2D eigenvalue weighted by Gasteiger charge is 2.14. The van der Waals surface area contributed by atoms with Gasteiger partial charge in [-0.15, -0.1) is 11.8 Å². The largest absolute Gasteiger partial charge is 0.478 e. The van der Waals surface area contributed by atoms with E-state index in [4.69, 9.17) is 4.42 Å². The number of hydrogen-bond donors (Lipinski definition) is 2. The topological polar surface area (TPSA) is 105 Å². The van der Waals surface area contributed by atoms with Crippen molar-refractivity contribution >= 4 is 40.1 Å². The molecule has 0 atom stereocenters. The van der Waals surface area contributed by atoms with Crippen LogP contribution in [-0.4, -0.2) is 27.0 Å². The number of aryl methyl sites for hydroxylation is 1. The van der Waals surface area contributed by atoms with Gasteiger partial charge in [0.25, 0.3) is 0 Å². The Morgan fingerprint density at radius 1 is 1.26 bits per heavy atom. The lowest BCUT2D eigenvalue weighted by molar-refractivity contribution is -0.115. The molecule has 0 unspecified atom stereocenters. The van der Waals surface area contributed by atoms with E-state index in [1.165, 1.54) is 29.2 Å². The van der Waals surface area contributed by atoms with Crippen LogP contribution in [0.4, 0.5) is 5.13 Å². The average molecular weight is 403 g/mol. The van der Waals surface area contributed by atoms with E-state index in [9.17, 15) is 14.7 Å². The molecular weight excluding hydrogens is 386 g/mol. The molecule has 0 saturated carbocycles. The number of anilines is 1. The van der Waals surface area contributed by atoms with E-state index in [-0.39, 0.29) is 17.9 Å². The second kappa shape index (κ2) is 8.83. The summed E-state index contributed by atoms with van der Waals surface area (Å²) >= 11 is 2.87. The van der Waals surface area contributed by atoms with Crippen LogP contribution >= 0.6 is 23.1 Å². The Morgan fingerprint density at radius 3 is 2.81 bits per heavy atom. The van der Waals surface area contributed by atoms with Crippen molar-refractivity contribution in [2.24, 2.45) is 0 Å². The molecule has 0 radical (unpaired) electrons. The quantitative estimate of drug-likeness (QED) is 0.550. The Kier molecular flexibility index (Phi) is 6.25. The lowest BCUT2D eigenvalue weighted by atomic mass is 10.0. The van der Waals surface area contributed by atoms with E-state index in [1.807, 2.05) is 6.92 Å². The molecule has 7 nitrogen and oxygen atoms in total. The SMILES string of the molecule is CCc1cnc(CSc2cnc(NC(=O)Cc3ccccc3C(=O)O)s2)o1. The van der Waals surface area contributed by atoms with Gasteiger partial charge in [-0.25, -0.2) is 14.8 Å². The first-order valence-corrected chi connectivity index (χ1v) is 9.98. The molecule has 1 aromatic carbocycles. The number of amides is 1. The van der Waals surface area contributed by atoms with Gasteiger partial charge in [0.1, 0.15) is 5.76 Å². The number of oxazole rings is 1. The maximum atomic E-state index is 12.2. The monoisotopic (exact) mass is 403 g/mol. The summed E-state index contributed by atoms with van der Waals surface area (Å²) in [6.45, 7) is 2.00. The zero-order chi connectivity index (χ0) is 19.2. The van der Waals surface area contributed by atoms with Crippen molar-refractivity contribution in [3.05, 3.63) is 59.4 Å². The summed E-state index contributed by atoms with van der Waals surface area (Å²) in [5, 5.41) is 12.4. The van der Waals surface area contributed by atoms with E-state index in [0.29, 0.717) is 22.3 Å². The standard InChI is InChI=1S/C18H17N3O4S2/c1-2-12-8-19-15(25-12)10-26-16-9-20-18(27-16)21-14(22)7-11-5-3-4-6-13(11)17(23)24/h3-6,8-9H,2,7,10H2,1H3,(H,23,24)(H,20,21,22). The number of aromatic carboxylic acids is 1. The van der Waals surface area contributed by atoms with Gasteiger partial charge in [0.2, 0.25) is 11.8 Å². The minimum absolute atomic E-state index is 0.0271. The fourth-order valence-electron chi connectivity index (χ4n) is 2.31. The van der Waals surface area contributed by atoms with E-state index in [2.05, 4.69) is 15.3 Å². The molecule has 0 spiro atoms. The Balaban J connectivity index is 1.55. The molecule has 0 aliphatic carbocycles. The van der Waals surface area contributed by atoms with Crippen LogP contribution in [0.1, 0.15) is 34.5 Å². The van der Waals surface area contributed by atoms with Gasteiger partial charge < -0.3 is 14.8 Å². The van der Waals surface area contributed by atoms with Crippen molar-refractivity contribution in [3.63, 3.8) is 0 Å². The van der Waals surface area contributed by atoms with E-state index in [1.54, 1.807) is 30.6 Å². The number of hydrogen-bond acceptors (Lipinski definition) is 7. The van der Waals surface area contributed by atoms with Crippen molar-refractivity contribution in [1.82, 2.24) is 9.97 Å². The second-order valence-corrected chi connectivity index (χ2v) is 7.84. The lowest BCUT2D eigenvalue weighted by Crippen LogP contribution is -2.16. The van der Waals surface area contributed by atoms with E-state index >= 15 is 0 Å². The summed E-state index contributed by atoms with van der Waals surface area (Å²) in [5.74, 6) is 0.728. The fraction of sp³-hybridized carbons (Fsp3) is 0.222. The smallest absolute Gasteiger partial charge is 0.335 e. The summed E-state index contributed by atoms with van der Waals surface area (Å²) in [6, 6.07) is 6.45. The van der Waals surface area contributed by atoms with Gasteiger partial charge in [0.15, 0.2) is 5.13 Å². The first-order chi connectivity index (χ1) is 13.0. The molecule has 2 aromatic heterocycles. The molecule has 9 heteroatoms.